The molecular formula is C21H27FN4O2S. The molecule has 29 heavy (non-hydrogen) atoms. The number of hydrogen-bond acceptors (Lipinski definition) is 5. The number of piperidine rings is 1. The van der Waals surface area contributed by atoms with E-state index in [1.165, 1.54) is 53.3 Å². The molecule has 2 N–H and O–H groups in total. The Hall–Kier alpha value is -2.32. The molecule has 1 aromatic carbocycles. The van der Waals surface area contributed by atoms with E-state index in [1.54, 1.807) is 0 Å². The summed E-state index contributed by atoms with van der Waals surface area (Å²) < 4.78 is 12.9. The molecule has 0 unspecified atom stereocenters. The number of nitrogens with one attached hydrogen (secondary N) is 2. The number of aryl methyl sites for hydroxylation is 1. The molecule has 1 aliphatic heterocycles. The van der Waals surface area contributed by atoms with Crippen LogP contribution < -0.4 is 10.6 Å². The van der Waals surface area contributed by atoms with Gasteiger partial charge in [-0.25, -0.2) is 9.37 Å². The number of thiazole rings is 1. The monoisotopic (exact) mass is 418 g/mol. The largest absolute Gasteiger partial charge is 0.326 e. The highest BCUT2D eigenvalue weighted by Crippen LogP contribution is 2.26. The first-order valence-electron chi connectivity index (χ1n) is 9.93. The normalized spacial score (nSPS) is 15.3. The van der Waals surface area contributed by atoms with Gasteiger partial charge in [-0.1, -0.05) is 6.92 Å². The predicted octanol–water partition coefficient (Wildman–Crippen LogP) is 4.18. The fourth-order valence-electron chi connectivity index (χ4n) is 3.22. The van der Waals surface area contributed by atoms with Crippen molar-refractivity contribution in [1.29, 1.82) is 0 Å². The van der Waals surface area contributed by atoms with E-state index in [2.05, 4.69) is 27.4 Å². The van der Waals surface area contributed by atoms with Gasteiger partial charge in [-0.2, -0.15) is 0 Å². The zero-order chi connectivity index (χ0) is 20.8. The number of carbonyl (C=O) groups is 2. The Morgan fingerprint density at radius 2 is 1.76 bits per heavy atom. The zero-order valence-electron chi connectivity index (χ0n) is 16.8. The van der Waals surface area contributed by atoms with Crippen molar-refractivity contribution < 1.29 is 14.0 Å². The van der Waals surface area contributed by atoms with Crippen molar-refractivity contribution in [3.05, 3.63) is 40.7 Å². The van der Waals surface area contributed by atoms with Gasteiger partial charge in [0.2, 0.25) is 11.8 Å². The molecule has 1 aromatic heterocycles. The van der Waals surface area contributed by atoms with E-state index in [0.29, 0.717) is 10.8 Å². The second kappa shape index (κ2) is 9.93. The standard InChI is InChI=1S/C21H27FN4O2S/c1-14-9-11-26(12-10-14)13-18-15(2)23-21(29-18)25-20(28)8-7-19(27)24-17-5-3-16(22)4-6-17/h3-6,14H,7-13H2,1-2H3,(H,24,27)(H,23,25,28). The Labute approximate surface area is 174 Å². The molecule has 0 saturated carbocycles. The maximum absolute atomic E-state index is 12.9. The molecular weight excluding hydrogens is 391 g/mol. The molecule has 1 saturated heterocycles. The lowest BCUT2D eigenvalue weighted by atomic mass is 9.99. The molecule has 1 fully saturated rings. The van der Waals surface area contributed by atoms with Gasteiger partial charge in [0.15, 0.2) is 5.13 Å². The van der Waals surface area contributed by atoms with E-state index < -0.39 is 0 Å². The Balaban J connectivity index is 1.44. The number of amides is 2. The smallest absolute Gasteiger partial charge is 0.226 e. The lowest BCUT2D eigenvalue weighted by Crippen LogP contribution is -2.32. The maximum Gasteiger partial charge on any atom is 0.226 e. The van der Waals surface area contributed by atoms with Gasteiger partial charge < -0.3 is 10.6 Å². The topological polar surface area (TPSA) is 74.3 Å². The highest BCUT2D eigenvalue weighted by molar-refractivity contribution is 7.15. The highest BCUT2D eigenvalue weighted by Gasteiger charge is 2.18. The summed E-state index contributed by atoms with van der Waals surface area (Å²) in [5, 5.41) is 6.02. The summed E-state index contributed by atoms with van der Waals surface area (Å²) in [6.45, 7) is 7.33. The zero-order valence-corrected chi connectivity index (χ0v) is 17.7. The molecule has 6 nitrogen and oxygen atoms in total. The summed E-state index contributed by atoms with van der Waals surface area (Å²) in [5.74, 6) is -0.104. The van der Waals surface area contributed by atoms with Crippen molar-refractivity contribution in [2.75, 3.05) is 23.7 Å². The summed E-state index contributed by atoms with van der Waals surface area (Å²) in [7, 11) is 0. The Bertz CT molecular complexity index is 845. The molecule has 2 amide bonds. The van der Waals surface area contributed by atoms with Gasteiger partial charge in [0.1, 0.15) is 5.82 Å². The number of aromatic nitrogens is 1. The molecule has 2 heterocycles. The molecule has 156 valence electrons. The average Bonchev–Trinajstić information content (AvgIpc) is 3.02. The van der Waals surface area contributed by atoms with Crippen LogP contribution in [-0.2, 0) is 16.1 Å². The van der Waals surface area contributed by atoms with Gasteiger partial charge in [0.05, 0.1) is 5.69 Å². The minimum absolute atomic E-state index is 0.0480. The van der Waals surface area contributed by atoms with E-state index in [4.69, 9.17) is 0 Å². The van der Waals surface area contributed by atoms with Crippen LogP contribution >= 0.6 is 11.3 Å². The number of carbonyl (C=O) groups excluding carboxylic acids is 2. The van der Waals surface area contributed by atoms with Gasteiger partial charge in [0.25, 0.3) is 0 Å². The van der Waals surface area contributed by atoms with E-state index in [9.17, 15) is 14.0 Å². The molecule has 0 bridgehead atoms. The summed E-state index contributed by atoms with van der Waals surface area (Å²) in [6, 6.07) is 5.51. The SMILES string of the molecule is Cc1nc(NC(=O)CCC(=O)Nc2ccc(F)cc2)sc1CN1CCC(C)CC1. The minimum atomic E-state index is -0.365. The van der Waals surface area contributed by atoms with Crippen LogP contribution in [-0.4, -0.2) is 34.8 Å². The van der Waals surface area contributed by atoms with Crippen LogP contribution in [0.15, 0.2) is 24.3 Å². The van der Waals surface area contributed by atoms with E-state index >= 15 is 0 Å². The van der Waals surface area contributed by atoms with Gasteiger partial charge >= 0.3 is 0 Å². The van der Waals surface area contributed by atoms with Gasteiger partial charge in [-0.3, -0.25) is 14.5 Å². The lowest BCUT2D eigenvalue weighted by molar-refractivity contribution is -0.121. The Morgan fingerprint density at radius 1 is 1.14 bits per heavy atom. The van der Waals surface area contributed by atoms with Crippen LogP contribution in [0.2, 0.25) is 0 Å². The van der Waals surface area contributed by atoms with E-state index in [1.807, 2.05) is 6.92 Å². The Kier molecular flexibility index (Phi) is 7.33. The van der Waals surface area contributed by atoms with Crippen molar-refractivity contribution in [2.45, 2.75) is 46.1 Å². The van der Waals surface area contributed by atoms with Crippen molar-refractivity contribution in [3.63, 3.8) is 0 Å². The van der Waals surface area contributed by atoms with E-state index in [0.717, 1.165) is 31.2 Å². The number of anilines is 2. The number of halogens is 1. The molecule has 1 aliphatic rings. The lowest BCUT2D eigenvalue weighted by Gasteiger charge is -2.29. The van der Waals surface area contributed by atoms with Crippen LogP contribution in [0.25, 0.3) is 0 Å². The third-order valence-electron chi connectivity index (χ3n) is 5.09. The van der Waals surface area contributed by atoms with Gasteiger partial charge in [-0.15, -0.1) is 11.3 Å². The maximum atomic E-state index is 12.9. The summed E-state index contributed by atoms with van der Waals surface area (Å²) in [5.41, 5.74) is 1.45. The van der Waals surface area contributed by atoms with Gasteiger partial charge in [0, 0.05) is 30.0 Å². The number of likely N-dealkylation sites (tertiary alicyclic amines) is 1. The molecule has 0 spiro atoms. The van der Waals surface area contributed by atoms with Crippen molar-refractivity contribution in [3.8, 4) is 0 Å². The molecule has 0 radical (unpaired) electrons. The van der Waals surface area contributed by atoms with E-state index in [-0.39, 0.29) is 30.5 Å². The predicted molar refractivity (Wildman–Crippen MR) is 113 cm³/mol. The van der Waals surface area contributed by atoms with Crippen molar-refractivity contribution >= 4 is 34.0 Å². The first-order valence-corrected chi connectivity index (χ1v) is 10.7. The Morgan fingerprint density at radius 3 is 2.41 bits per heavy atom. The number of rotatable bonds is 7. The summed E-state index contributed by atoms with van der Waals surface area (Å²) >= 11 is 1.50. The quantitative estimate of drug-likeness (QED) is 0.707. The third kappa shape index (κ3) is 6.61. The molecule has 0 aliphatic carbocycles. The summed E-state index contributed by atoms with van der Waals surface area (Å²) in [6.07, 6.45) is 2.56. The fourth-order valence-corrected chi connectivity index (χ4v) is 4.24. The second-order valence-corrected chi connectivity index (χ2v) is 8.67. The fraction of sp³-hybridized carbons (Fsp3) is 0.476. The molecule has 2 aromatic rings. The highest BCUT2D eigenvalue weighted by atomic mass is 32.1. The first-order chi connectivity index (χ1) is 13.9. The number of benzene rings is 1. The number of nitrogens with zero attached hydrogens (tertiary/aromatic N) is 2. The van der Waals surface area contributed by atoms with Crippen LogP contribution in [0.4, 0.5) is 15.2 Å². The van der Waals surface area contributed by atoms with Crippen LogP contribution in [0.5, 0.6) is 0 Å². The van der Waals surface area contributed by atoms with Crippen LogP contribution in [0, 0.1) is 18.7 Å². The van der Waals surface area contributed by atoms with Gasteiger partial charge in [-0.05, 0) is 63.0 Å². The first kappa shape index (κ1) is 21.4. The van der Waals surface area contributed by atoms with Crippen molar-refractivity contribution in [1.82, 2.24) is 9.88 Å². The minimum Gasteiger partial charge on any atom is -0.326 e. The second-order valence-electron chi connectivity index (χ2n) is 7.59. The molecule has 8 heteroatoms. The summed E-state index contributed by atoms with van der Waals surface area (Å²) in [4.78, 5) is 32.2. The van der Waals surface area contributed by atoms with Crippen molar-refractivity contribution in [2.24, 2.45) is 5.92 Å². The number of hydrogen-bond donors (Lipinski definition) is 2. The third-order valence-corrected chi connectivity index (χ3v) is 6.15. The van der Waals surface area contributed by atoms with Crippen LogP contribution in [0.3, 0.4) is 0 Å². The molecule has 3 rings (SSSR count). The average molecular weight is 419 g/mol. The van der Waals surface area contributed by atoms with Crippen LogP contribution in [0.1, 0.15) is 43.2 Å². The molecule has 0 atom stereocenters.